The van der Waals surface area contributed by atoms with Crippen molar-refractivity contribution in [3.05, 3.63) is 65.4 Å². The summed E-state index contributed by atoms with van der Waals surface area (Å²) in [7, 11) is 0. The van der Waals surface area contributed by atoms with E-state index in [2.05, 4.69) is 21.6 Å². The highest BCUT2D eigenvalue weighted by molar-refractivity contribution is 5.94. The van der Waals surface area contributed by atoms with E-state index in [-0.39, 0.29) is 17.4 Å². The van der Waals surface area contributed by atoms with E-state index in [9.17, 15) is 9.18 Å². The third kappa shape index (κ3) is 4.82. The van der Waals surface area contributed by atoms with Crippen LogP contribution in [0, 0.1) is 24.1 Å². The van der Waals surface area contributed by atoms with Gasteiger partial charge in [0.1, 0.15) is 11.9 Å². The fraction of sp³-hybridized carbons (Fsp3) is 0.286. The van der Waals surface area contributed by atoms with Gasteiger partial charge in [0.2, 0.25) is 5.88 Å². The molecule has 29 heavy (non-hydrogen) atoms. The van der Waals surface area contributed by atoms with E-state index in [1.165, 1.54) is 23.5 Å². The Morgan fingerprint density at radius 2 is 2.24 bits per heavy atom. The molecule has 3 rings (SSSR count). The molecule has 0 saturated heterocycles. The molecular formula is C21H20FN5O2. The minimum Gasteiger partial charge on any atom is -0.477 e. The molecule has 0 N–H and O–H groups in total. The van der Waals surface area contributed by atoms with Crippen LogP contribution in [-0.2, 0) is 4.79 Å². The molecule has 0 aliphatic carbocycles. The monoisotopic (exact) mass is 393 g/mol. The first-order valence-electron chi connectivity index (χ1n) is 9.14. The number of carbonyl (C=O) groups is 1. The summed E-state index contributed by atoms with van der Waals surface area (Å²) in [5.74, 6) is -0.372. The van der Waals surface area contributed by atoms with Gasteiger partial charge in [-0.1, -0.05) is 18.7 Å². The number of aromatic nitrogens is 2. The third-order valence-electron chi connectivity index (χ3n) is 4.47. The number of aryl methyl sites for hydroxylation is 1. The largest absolute Gasteiger partial charge is 0.477 e. The maximum atomic E-state index is 14.3. The minimum absolute atomic E-state index is 0.210. The van der Waals surface area contributed by atoms with E-state index in [4.69, 9.17) is 10.00 Å². The van der Waals surface area contributed by atoms with Crippen LogP contribution < -0.4 is 4.74 Å². The summed E-state index contributed by atoms with van der Waals surface area (Å²) in [6.45, 7) is 5.98. The number of nitriles is 1. The van der Waals surface area contributed by atoms with Gasteiger partial charge in [0.25, 0.3) is 5.91 Å². The van der Waals surface area contributed by atoms with Gasteiger partial charge < -0.3 is 4.74 Å². The zero-order chi connectivity index (χ0) is 20.8. The predicted molar refractivity (Wildman–Crippen MR) is 104 cm³/mol. The molecule has 1 atom stereocenters. The molecule has 1 unspecified atom stereocenters. The average Bonchev–Trinajstić information content (AvgIpc) is 3.20. The summed E-state index contributed by atoms with van der Waals surface area (Å²) in [6.07, 6.45) is 5.71. The van der Waals surface area contributed by atoms with Crippen LogP contribution in [0.4, 0.5) is 4.39 Å². The number of carbonyl (C=O) groups excluding carboxylic acids is 1. The topological polar surface area (TPSA) is 91.5 Å². The van der Waals surface area contributed by atoms with E-state index in [0.717, 1.165) is 5.56 Å². The van der Waals surface area contributed by atoms with E-state index >= 15 is 0 Å². The van der Waals surface area contributed by atoms with Crippen molar-refractivity contribution in [1.29, 1.82) is 5.26 Å². The molecule has 0 saturated carbocycles. The third-order valence-corrected chi connectivity index (χ3v) is 4.47. The fourth-order valence-corrected chi connectivity index (χ4v) is 2.95. The zero-order valence-corrected chi connectivity index (χ0v) is 16.0. The lowest BCUT2D eigenvalue weighted by molar-refractivity contribution is -0.129. The first-order valence-corrected chi connectivity index (χ1v) is 9.14. The van der Waals surface area contributed by atoms with Crippen LogP contribution in [0.3, 0.4) is 0 Å². The van der Waals surface area contributed by atoms with Gasteiger partial charge in [-0.05, 0) is 31.4 Å². The van der Waals surface area contributed by atoms with Crippen LogP contribution in [0.25, 0.3) is 0 Å². The predicted octanol–water partition coefficient (Wildman–Crippen LogP) is 3.47. The Morgan fingerprint density at radius 1 is 1.41 bits per heavy atom. The Labute approximate surface area is 168 Å². The molecule has 1 aromatic heterocycles. The molecule has 8 heteroatoms. The van der Waals surface area contributed by atoms with Crippen LogP contribution in [-0.4, -0.2) is 33.7 Å². The number of nitrogens with zero attached hydrogens (tertiary/aromatic N) is 5. The molecule has 1 aliphatic heterocycles. The van der Waals surface area contributed by atoms with Gasteiger partial charge >= 0.3 is 0 Å². The lowest BCUT2D eigenvalue weighted by atomic mass is 10.0. The van der Waals surface area contributed by atoms with E-state index in [1.807, 2.05) is 19.1 Å². The van der Waals surface area contributed by atoms with Gasteiger partial charge in [-0.15, -0.1) is 0 Å². The Morgan fingerprint density at radius 3 is 2.93 bits per heavy atom. The van der Waals surface area contributed by atoms with Gasteiger partial charge in [-0.2, -0.15) is 10.4 Å². The minimum atomic E-state index is -0.468. The van der Waals surface area contributed by atoms with E-state index in [0.29, 0.717) is 42.9 Å². The van der Waals surface area contributed by atoms with Gasteiger partial charge in [0, 0.05) is 23.8 Å². The highest BCUT2D eigenvalue weighted by Crippen LogP contribution is 2.31. The Hall–Kier alpha value is -3.60. The molecule has 1 amide bonds. The van der Waals surface area contributed by atoms with E-state index < -0.39 is 6.04 Å². The smallest absolute Gasteiger partial charge is 0.269 e. The second-order valence-electron chi connectivity index (χ2n) is 6.63. The lowest BCUT2D eigenvalue weighted by Crippen LogP contribution is -2.28. The number of hydrazone groups is 1. The van der Waals surface area contributed by atoms with Gasteiger partial charge in [0.05, 0.1) is 25.0 Å². The van der Waals surface area contributed by atoms with Gasteiger partial charge in [-0.25, -0.2) is 19.4 Å². The molecular weight excluding hydrogens is 373 g/mol. The SMILES string of the molecule is C=C(CCCOc1cnc(C#N)cn1)C(=O)N1N=CCC1c1ccc(C)cc1F. The standard InChI is InChI=1S/C21H20FN5O2/c1-14-5-6-17(18(22)10-14)19-7-8-26-27(19)21(28)15(2)4-3-9-29-20-13-24-16(11-23)12-25-20/h5-6,8,10,12-13,19H,2-4,7,9H2,1H3. The summed E-state index contributed by atoms with van der Waals surface area (Å²) in [5.41, 5.74) is 1.84. The lowest BCUT2D eigenvalue weighted by Gasteiger charge is -2.23. The number of rotatable bonds is 7. The highest BCUT2D eigenvalue weighted by Gasteiger charge is 2.31. The first-order chi connectivity index (χ1) is 14.0. The van der Waals surface area contributed by atoms with Crippen molar-refractivity contribution in [1.82, 2.24) is 15.0 Å². The summed E-state index contributed by atoms with van der Waals surface area (Å²) < 4.78 is 19.8. The second kappa shape index (κ2) is 9.06. The Kier molecular flexibility index (Phi) is 6.29. The van der Waals surface area contributed by atoms with Crippen molar-refractivity contribution >= 4 is 12.1 Å². The van der Waals surface area contributed by atoms with Crippen molar-refractivity contribution in [2.75, 3.05) is 6.61 Å². The molecule has 0 radical (unpaired) electrons. The van der Waals surface area contributed by atoms with Gasteiger partial charge in [0.15, 0.2) is 5.69 Å². The van der Waals surface area contributed by atoms with Crippen molar-refractivity contribution in [2.24, 2.45) is 5.10 Å². The van der Waals surface area contributed by atoms with Crippen LogP contribution in [0.2, 0.25) is 0 Å². The number of hydrogen-bond donors (Lipinski definition) is 0. The number of ether oxygens (including phenoxy) is 1. The van der Waals surface area contributed by atoms with Crippen LogP contribution in [0.1, 0.15) is 42.1 Å². The maximum absolute atomic E-state index is 14.3. The Bertz CT molecular complexity index is 982. The van der Waals surface area contributed by atoms with Crippen molar-refractivity contribution < 1.29 is 13.9 Å². The van der Waals surface area contributed by atoms with Crippen molar-refractivity contribution in [3.63, 3.8) is 0 Å². The molecule has 0 bridgehead atoms. The molecule has 1 aromatic carbocycles. The van der Waals surface area contributed by atoms with Crippen LogP contribution in [0.5, 0.6) is 5.88 Å². The molecule has 2 heterocycles. The maximum Gasteiger partial charge on any atom is 0.269 e. The van der Waals surface area contributed by atoms with Gasteiger partial charge in [-0.3, -0.25) is 4.79 Å². The molecule has 1 aliphatic rings. The van der Waals surface area contributed by atoms with E-state index in [1.54, 1.807) is 12.3 Å². The summed E-state index contributed by atoms with van der Waals surface area (Å²) >= 11 is 0. The number of amides is 1. The highest BCUT2D eigenvalue weighted by atomic mass is 19.1. The number of hydrogen-bond acceptors (Lipinski definition) is 6. The number of benzene rings is 1. The Balaban J connectivity index is 1.53. The fourth-order valence-electron chi connectivity index (χ4n) is 2.95. The molecule has 0 fully saturated rings. The molecule has 7 nitrogen and oxygen atoms in total. The van der Waals surface area contributed by atoms with Crippen LogP contribution >= 0.6 is 0 Å². The van der Waals surface area contributed by atoms with Crippen molar-refractivity contribution in [3.8, 4) is 11.9 Å². The van der Waals surface area contributed by atoms with Crippen molar-refractivity contribution in [2.45, 2.75) is 32.2 Å². The summed E-state index contributed by atoms with van der Waals surface area (Å²) in [4.78, 5) is 20.6. The molecule has 148 valence electrons. The normalized spacial score (nSPS) is 15.2. The zero-order valence-electron chi connectivity index (χ0n) is 16.0. The first kappa shape index (κ1) is 20.1. The quantitative estimate of drug-likeness (QED) is 0.531. The number of halogens is 1. The second-order valence-corrected chi connectivity index (χ2v) is 6.63. The average molecular weight is 393 g/mol. The van der Waals surface area contributed by atoms with Crippen LogP contribution in [0.15, 0.2) is 47.8 Å². The summed E-state index contributed by atoms with van der Waals surface area (Å²) in [6, 6.07) is 6.38. The summed E-state index contributed by atoms with van der Waals surface area (Å²) in [5, 5.41) is 14.1. The molecule has 0 spiro atoms. The molecule has 2 aromatic rings.